The summed E-state index contributed by atoms with van der Waals surface area (Å²) in [5.74, 6) is -0.343. The largest absolute Gasteiger partial charge is 0.361 e. The number of hydrogen-bond donors (Lipinski definition) is 3. The summed E-state index contributed by atoms with van der Waals surface area (Å²) < 4.78 is 1.94. The zero-order valence-electron chi connectivity index (χ0n) is 13.5. The van der Waals surface area contributed by atoms with Gasteiger partial charge >= 0.3 is 0 Å². The fourth-order valence-corrected chi connectivity index (χ4v) is 2.72. The highest BCUT2D eigenvalue weighted by Gasteiger charge is 2.11. The SMILES string of the molecule is Cn1cccc1-c1cc(C(=O)N/N=C\c2c[nH]c3ccccc23)[nH]n1. The van der Waals surface area contributed by atoms with Gasteiger partial charge in [-0.2, -0.15) is 10.2 Å². The number of H-pyrrole nitrogens is 2. The molecule has 0 aliphatic rings. The molecule has 0 aliphatic heterocycles. The predicted octanol–water partition coefficient (Wildman–Crippen LogP) is 2.66. The molecule has 0 spiro atoms. The molecule has 0 bridgehead atoms. The standard InChI is InChI=1S/C18H16N6O/c1-24-8-4-7-17(24)15-9-16(22-21-15)18(25)23-20-11-12-10-19-14-6-3-2-5-13(12)14/h2-11,19H,1H3,(H,21,22)(H,23,25)/b20-11-. The van der Waals surface area contributed by atoms with Gasteiger partial charge in [0.15, 0.2) is 0 Å². The first-order valence-corrected chi connectivity index (χ1v) is 7.79. The summed E-state index contributed by atoms with van der Waals surface area (Å²) in [6.07, 6.45) is 5.39. The Hall–Kier alpha value is -3.61. The lowest BCUT2D eigenvalue weighted by atomic mass is 10.2. The van der Waals surface area contributed by atoms with Gasteiger partial charge < -0.3 is 9.55 Å². The third-order valence-electron chi connectivity index (χ3n) is 4.02. The maximum absolute atomic E-state index is 12.2. The van der Waals surface area contributed by atoms with Crippen LogP contribution in [0.2, 0.25) is 0 Å². The molecule has 0 radical (unpaired) electrons. The number of rotatable bonds is 4. The van der Waals surface area contributed by atoms with E-state index in [2.05, 4.69) is 25.7 Å². The van der Waals surface area contributed by atoms with Crippen LogP contribution in [0, 0.1) is 0 Å². The van der Waals surface area contributed by atoms with Crippen LogP contribution in [0.15, 0.2) is 60.0 Å². The highest BCUT2D eigenvalue weighted by Crippen LogP contribution is 2.17. The summed E-state index contributed by atoms with van der Waals surface area (Å²) >= 11 is 0. The van der Waals surface area contributed by atoms with Crippen LogP contribution in [0.3, 0.4) is 0 Å². The van der Waals surface area contributed by atoms with Crippen LogP contribution in [0.1, 0.15) is 16.1 Å². The van der Waals surface area contributed by atoms with Crippen LogP contribution in [0.5, 0.6) is 0 Å². The second kappa shape index (κ2) is 6.12. The van der Waals surface area contributed by atoms with Crippen molar-refractivity contribution in [3.05, 3.63) is 66.1 Å². The molecular weight excluding hydrogens is 316 g/mol. The van der Waals surface area contributed by atoms with Crippen LogP contribution in [0.4, 0.5) is 0 Å². The number of nitrogens with zero attached hydrogens (tertiary/aromatic N) is 3. The van der Waals surface area contributed by atoms with E-state index in [-0.39, 0.29) is 5.91 Å². The fourth-order valence-electron chi connectivity index (χ4n) is 2.72. The number of amides is 1. The summed E-state index contributed by atoms with van der Waals surface area (Å²) in [5.41, 5.74) is 6.43. The van der Waals surface area contributed by atoms with Crippen LogP contribution < -0.4 is 5.43 Å². The van der Waals surface area contributed by atoms with Crippen molar-refractivity contribution in [1.82, 2.24) is 25.2 Å². The Morgan fingerprint density at radius 1 is 1.28 bits per heavy atom. The Labute approximate surface area is 143 Å². The Bertz CT molecular complexity index is 1070. The van der Waals surface area contributed by atoms with Crippen LogP contribution in [-0.2, 0) is 7.05 Å². The number of carbonyl (C=O) groups excluding carboxylic acids is 1. The second-order valence-corrected chi connectivity index (χ2v) is 5.66. The number of aromatic nitrogens is 4. The average Bonchev–Trinajstić information content (AvgIpc) is 3.34. The topological polar surface area (TPSA) is 90.9 Å². The zero-order valence-corrected chi connectivity index (χ0v) is 13.5. The molecule has 1 aromatic carbocycles. The van der Waals surface area contributed by atoms with Crippen LogP contribution in [-0.4, -0.2) is 31.9 Å². The van der Waals surface area contributed by atoms with Crippen molar-refractivity contribution in [3.63, 3.8) is 0 Å². The second-order valence-electron chi connectivity index (χ2n) is 5.66. The van der Waals surface area contributed by atoms with Crippen molar-refractivity contribution in [2.45, 2.75) is 0 Å². The average molecular weight is 332 g/mol. The molecule has 0 unspecified atom stereocenters. The molecule has 0 aliphatic carbocycles. The molecule has 3 N–H and O–H groups in total. The fraction of sp³-hybridized carbons (Fsp3) is 0.0556. The first-order chi connectivity index (χ1) is 12.2. The maximum Gasteiger partial charge on any atom is 0.289 e. The van der Waals surface area contributed by atoms with Crippen molar-refractivity contribution < 1.29 is 4.79 Å². The molecule has 124 valence electrons. The Balaban J connectivity index is 1.47. The Kier molecular flexibility index (Phi) is 3.66. The van der Waals surface area contributed by atoms with Crippen LogP contribution in [0.25, 0.3) is 22.3 Å². The van der Waals surface area contributed by atoms with Gasteiger partial charge in [-0.25, -0.2) is 5.43 Å². The maximum atomic E-state index is 12.2. The summed E-state index contributed by atoms with van der Waals surface area (Å²) in [6.45, 7) is 0. The van der Waals surface area contributed by atoms with Gasteiger partial charge in [-0.05, 0) is 24.3 Å². The molecule has 0 saturated carbocycles. The van der Waals surface area contributed by atoms with Crippen molar-refractivity contribution in [1.29, 1.82) is 0 Å². The smallest absolute Gasteiger partial charge is 0.289 e. The molecule has 4 rings (SSSR count). The molecule has 3 heterocycles. The summed E-state index contributed by atoms with van der Waals surface area (Å²) in [6, 6.07) is 13.5. The minimum absolute atomic E-state index is 0.343. The third-order valence-corrected chi connectivity index (χ3v) is 4.02. The Morgan fingerprint density at radius 2 is 2.16 bits per heavy atom. The molecule has 25 heavy (non-hydrogen) atoms. The third kappa shape index (κ3) is 2.83. The molecule has 4 aromatic rings. The first kappa shape index (κ1) is 14.9. The van der Waals surface area contributed by atoms with E-state index in [1.54, 1.807) is 12.3 Å². The Morgan fingerprint density at radius 3 is 3.00 bits per heavy atom. The van der Waals surface area contributed by atoms with Gasteiger partial charge in [-0.15, -0.1) is 0 Å². The van der Waals surface area contributed by atoms with Gasteiger partial charge in [0.25, 0.3) is 5.91 Å². The van der Waals surface area contributed by atoms with E-state index in [0.717, 1.165) is 22.2 Å². The van der Waals surface area contributed by atoms with Gasteiger partial charge in [0, 0.05) is 35.9 Å². The van der Waals surface area contributed by atoms with E-state index < -0.39 is 0 Å². The van der Waals surface area contributed by atoms with Gasteiger partial charge in [0.2, 0.25) is 0 Å². The molecule has 1 amide bonds. The number of hydrazone groups is 1. The zero-order chi connectivity index (χ0) is 17.2. The number of fused-ring (bicyclic) bond motifs is 1. The highest BCUT2D eigenvalue weighted by atomic mass is 16.2. The number of nitrogens with one attached hydrogen (secondary N) is 3. The summed E-state index contributed by atoms with van der Waals surface area (Å²) in [5, 5.41) is 12.0. The number of aryl methyl sites for hydroxylation is 1. The van der Waals surface area contributed by atoms with Gasteiger partial charge in [-0.1, -0.05) is 18.2 Å². The number of carbonyl (C=O) groups is 1. The van der Waals surface area contributed by atoms with Crippen molar-refractivity contribution >= 4 is 23.0 Å². The predicted molar refractivity (Wildman–Crippen MR) is 96.4 cm³/mol. The molecule has 0 saturated heterocycles. The summed E-state index contributed by atoms with van der Waals surface area (Å²) in [7, 11) is 1.93. The summed E-state index contributed by atoms with van der Waals surface area (Å²) in [4.78, 5) is 15.4. The van der Waals surface area contributed by atoms with Gasteiger partial charge in [0.1, 0.15) is 11.4 Å². The molecule has 7 heteroatoms. The van der Waals surface area contributed by atoms with E-state index in [0.29, 0.717) is 11.4 Å². The van der Waals surface area contributed by atoms with E-state index in [1.165, 1.54) is 0 Å². The highest BCUT2D eigenvalue weighted by molar-refractivity contribution is 6.00. The van der Waals surface area contributed by atoms with E-state index in [9.17, 15) is 4.79 Å². The van der Waals surface area contributed by atoms with E-state index in [4.69, 9.17) is 0 Å². The molecular formula is C18H16N6O. The lowest BCUT2D eigenvalue weighted by Gasteiger charge is -1.97. The van der Waals surface area contributed by atoms with Crippen molar-refractivity contribution in [2.24, 2.45) is 12.1 Å². The van der Waals surface area contributed by atoms with E-state index >= 15 is 0 Å². The molecule has 0 atom stereocenters. The van der Waals surface area contributed by atoms with Crippen LogP contribution >= 0.6 is 0 Å². The molecule has 3 aromatic heterocycles. The van der Waals surface area contributed by atoms with Crippen molar-refractivity contribution in [2.75, 3.05) is 0 Å². The van der Waals surface area contributed by atoms with E-state index in [1.807, 2.05) is 60.4 Å². The number of aromatic amines is 2. The monoisotopic (exact) mass is 332 g/mol. The first-order valence-electron chi connectivity index (χ1n) is 7.79. The minimum Gasteiger partial charge on any atom is -0.361 e. The lowest BCUT2D eigenvalue weighted by Crippen LogP contribution is -2.17. The van der Waals surface area contributed by atoms with Crippen molar-refractivity contribution in [3.8, 4) is 11.4 Å². The quantitative estimate of drug-likeness (QED) is 0.396. The number of hydrogen-bond acceptors (Lipinski definition) is 3. The number of para-hydroxylation sites is 1. The molecule has 0 fully saturated rings. The lowest BCUT2D eigenvalue weighted by molar-refractivity contribution is 0.0950. The van der Waals surface area contributed by atoms with Gasteiger partial charge in [-0.3, -0.25) is 9.89 Å². The number of benzene rings is 1. The minimum atomic E-state index is -0.343. The molecule has 7 nitrogen and oxygen atoms in total. The normalized spacial score (nSPS) is 11.4. The van der Waals surface area contributed by atoms with Gasteiger partial charge in [0.05, 0.1) is 11.9 Å².